The maximum Gasteiger partial charge on any atom is 0.178 e. The molecular formula is C16H20FN3S. The highest BCUT2D eigenvalue weighted by Gasteiger charge is 2.37. The fraction of sp³-hybridized carbons (Fsp3) is 0.562. The summed E-state index contributed by atoms with van der Waals surface area (Å²) in [4.78, 5) is 5.77. The zero-order valence-electron chi connectivity index (χ0n) is 12.2. The predicted octanol–water partition coefficient (Wildman–Crippen LogP) is 4.03. The van der Waals surface area contributed by atoms with Crippen molar-refractivity contribution in [2.45, 2.75) is 50.2 Å². The maximum absolute atomic E-state index is 13.6. The molecule has 0 amide bonds. The number of nitrogens with zero attached hydrogens (tertiary/aromatic N) is 2. The van der Waals surface area contributed by atoms with Gasteiger partial charge in [0.25, 0.3) is 0 Å². The highest BCUT2D eigenvalue weighted by Crippen LogP contribution is 2.39. The second kappa shape index (κ2) is 4.92. The monoisotopic (exact) mass is 305 g/mol. The molecule has 2 saturated heterocycles. The molecule has 2 fully saturated rings. The molecule has 0 saturated carbocycles. The number of hydrogen-bond acceptors (Lipinski definition) is 2. The number of H-pyrrole nitrogens is 1. The zero-order chi connectivity index (χ0) is 14.6. The van der Waals surface area contributed by atoms with Gasteiger partial charge in [0.2, 0.25) is 0 Å². The van der Waals surface area contributed by atoms with Gasteiger partial charge in [-0.2, -0.15) is 0 Å². The molecule has 4 rings (SSSR count). The lowest BCUT2D eigenvalue weighted by molar-refractivity contribution is 0.0406. The van der Waals surface area contributed by atoms with Gasteiger partial charge in [-0.05, 0) is 63.1 Å². The lowest BCUT2D eigenvalue weighted by Gasteiger charge is -2.47. The lowest BCUT2D eigenvalue weighted by Crippen LogP contribution is -2.50. The molecule has 112 valence electrons. The van der Waals surface area contributed by atoms with E-state index in [2.05, 4.69) is 21.5 Å². The van der Waals surface area contributed by atoms with Crippen molar-refractivity contribution >= 4 is 23.3 Å². The molecule has 1 aromatic heterocycles. The average molecular weight is 305 g/mol. The molecule has 1 aromatic carbocycles. The maximum atomic E-state index is 13.6. The third kappa shape index (κ3) is 2.14. The Morgan fingerprint density at radius 2 is 1.90 bits per heavy atom. The van der Waals surface area contributed by atoms with Crippen LogP contribution in [0.25, 0.3) is 11.0 Å². The van der Waals surface area contributed by atoms with Crippen LogP contribution >= 0.6 is 12.2 Å². The van der Waals surface area contributed by atoms with Gasteiger partial charge in [0, 0.05) is 18.1 Å². The van der Waals surface area contributed by atoms with E-state index in [0.717, 1.165) is 28.6 Å². The molecule has 2 aromatic rings. The molecule has 2 aliphatic heterocycles. The van der Waals surface area contributed by atoms with E-state index < -0.39 is 0 Å². The van der Waals surface area contributed by atoms with Gasteiger partial charge in [0.05, 0.1) is 11.0 Å². The van der Waals surface area contributed by atoms with Gasteiger partial charge in [-0.15, -0.1) is 0 Å². The highest BCUT2D eigenvalue weighted by molar-refractivity contribution is 7.71. The van der Waals surface area contributed by atoms with Crippen LogP contribution < -0.4 is 0 Å². The van der Waals surface area contributed by atoms with Crippen molar-refractivity contribution in [2.24, 2.45) is 0 Å². The first-order valence-electron chi connectivity index (χ1n) is 7.75. The number of nitrogens with one attached hydrogen (secondary N) is 1. The summed E-state index contributed by atoms with van der Waals surface area (Å²) in [7, 11) is 2.25. The third-order valence-corrected chi connectivity index (χ3v) is 5.66. The number of imidazole rings is 1. The fourth-order valence-electron chi connectivity index (χ4n) is 4.26. The van der Waals surface area contributed by atoms with Crippen LogP contribution in [-0.2, 0) is 0 Å². The highest BCUT2D eigenvalue weighted by atomic mass is 32.1. The smallest absolute Gasteiger partial charge is 0.178 e. The number of benzene rings is 1. The van der Waals surface area contributed by atoms with E-state index in [4.69, 9.17) is 12.2 Å². The van der Waals surface area contributed by atoms with E-state index in [9.17, 15) is 4.39 Å². The van der Waals surface area contributed by atoms with E-state index in [0.29, 0.717) is 18.1 Å². The molecular weight excluding hydrogens is 285 g/mol. The number of hydrogen-bond donors (Lipinski definition) is 1. The molecule has 5 heteroatoms. The van der Waals surface area contributed by atoms with Crippen LogP contribution in [-0.4, -0.2) is 33.6 Å². The number of halogens is 1. The minimum atomic E-state index is -0.196. The largest absolute Gasteiger partial charge is 0.331 e. The van der Waals surface area contributed by atoms with Gasteiger partial charge in [-0.25, -0.2) is 4.39 Å². The molecule has 0 radical (unpaired) electrons. The second-order valence-electron chi connectivity index (χ2n) is 6.49. The Morgan fingerprint density at radius 3 is 2.62 bits per heavy atom. The molecule has 3 nitrogen and oxygen atoms in total. The topological polar surface area (TPSA) is 24.0 Å². The summed E-state index contributed by atoms with van der Waals surface area (Å²) < 4.78 is 16.5. The van der Waals surface area contributed by atoms with Gasteiger partial charge in [0.1, 0.15) is 5.82 Å². The normalized spacial score (nSPS) is 29.9. The molecule has 1 N–H and O–H groups in total. The Balaban J connectivity index is 1.78. The van der Waals surface area contributed by atoms with Crippen molar-refractivity contribution in [3.8, 4) is 0 Å². The first-order chi connectivity index (χ1) is 10.1. The van der Waals surface area contributed by atoms with E-state index in [1.807, 2.05) is 0 Å². The second-order valence-corrected chi connectivity index (χ2v) is 6.88. The van der Waals surface area contributed by atoms with Crippen LogP contribution in [0.5, 0.6) is 0 Å². The molecule has 0 aliphatic carbocycles. The van der Waals surface area contributed by atoms with Gasteiger partial charge in [0.15, 0.2) is 4.77 Å². The van der Waals surface area contributed by atoms with Crippen LogP contribution in [0.15, 0.2) is 18.2 Å². The van der Waals surface area contributed by atoms with Crippen molar-refractivity contribution in [3.05, 3.63) is 28.8 Å². The van der Waals surface area contributed by atoms with E-state index in [-0.39, 0.29) is 5.82 Å². The van der Waals surface area contributed by atoms with Crippen LogP contribution in [0, 0.1) is 10.6 Å². The van der Waals surface area contributed by atoms with Crippen molar-refractivity contribution in [1.82, 2.24) is 14.5 Å². The molecule has 21 heavy (non-hydrogen) atoms. The van der Waals surface area contributed by atoms with Crippen LogP contribution in [0.1, 0.15) is 38.1 Å². The SMILES string of the molecule is CN1C2CCCC1CC(n1c(=S)[nH]c3ccc(F)cc31)C2. The van der Waals surface area contributed by atoms with Crippen molar-refractivity contribution in [3.63, 3.8) is 0 Å². The average Bonchev–Trinajstić information content (AvgIpc) is 2.74. The summed E-state index contributed by atoms with van der Waals surface area (Å²) in [6.45, 7) is 0. The van der Waals surface area contributed by atoms with E-state index in [1.54, 1.807) is 12.1 Å². The standard InChI is InChI=1S/C16H20FN3S/c1-19-11-3-2-4-12(19)9-13(8-11)20-15-7-10(17)5-6-14(15)18-16(20)21/h5-7,11-13H,2-4,8-9H2,1H3,(H,18,21). The number of piperidine rings is 2. The minimum absolute atomic E-state index is 0.196. The van der Waals surface area contributed by atoms with Gasteiger partial charge in [-0.1, -0.05) is 6.42 Å². The lowest BCUT2D eigenvalue weighted by atomic mass is 9.82. The van der Waals surface area contributed by atoms with Crippen LogP contribution in [0.4, 0.5) is 4.39 Å². The Hall–Kier alpha value is -1.20. The Bertz CT molecular complexity index is 721. The summed E-state index contributed by atoms with van der Waals surface area (Å²) in [6, 6.07) is 6.55. The van der Waals surface area contributed by atoms with Crippen LogP contribution in [0.3, 0.4) is 0 Å². The fourth-order valence-corrected chi connectivity index (χ4v) is 4.61. The molecule has 2 bridgehead atoms. The van der Waals surface area contributed by atoms with Crippen LogP contribution in [0.2, 0.25) is 0 Å². The zero-order valence-corrected chi connectivity index (χ0v) is 13.0. The molecule has 3 heterocycles. The van der Waals surface area contributed by atoms with E-state index in [1.165, 1.54) is 25.3 Å². The third-order valence-electron chi connectivity index (χ3n) is 5.36. The molecule has 2 aliphatic rings. The summed E-state index contributed by atoms with van der Waals surface area (Å²) in [5.41, 5.74) is 1.85. The summed E-state index contributed by atoms with van der Waals surface area (Å²) in [5, 5.41) is 0. The minimum Gasteiger partial charge on any atom is -0.331 e. The summed E-state index contributed by atoms with van der Waals surface area (Å²) >= 11 is 5.51. The van der Waals surface area contributed by atoms with Crippen molar-refractivity contribution in [2.75, 3.05) is 7.05 Å². The van der Waals surface area contributed by atoms with Gasteiger partial charge < -0.3 is 14.5 Å². The number of fused-ring (bicyclic) bond motifs is 3. The Morgan fingerprint density at radius 1 is 1.19 bits per heavy atom. The number of aromatic amines is 1. The van der Waals surface area contributed by atoms with Crippen molar-refractivity contribution in [1.29, 1.82) is 0 Å². The molecule has 0 spiro atoms. The van der Waals surface area contributed by atoms with Crippen molar-refractivity contribution < 1.29 is 4.39 Å². The molecule has 2 atom stereocenters. The summed E-state index contributed by atoms with van der Waals surface area (Å²) in [6.07, 6.45) is 6.11. The Kier molecular flexibility index (Phi) is 3.15. The first-order valence-corrected chi connectivity index (χ1v) is 8.16. The Labute approximate surface area is 128 Å². The van der Waals surface area contributed by atoms with Gasteiger partial charge in [-0.3, -0.25) is 0 Å². The summed E-state index contributed by atoms with van der Waals surface area (Å²) in [5.74, 6) is -0.196. The van der Waals surface area contributed by atoms with Gasteiger partial charge >= 0.3 is 0 Å². The number of rotatable bonds is 1. The number of aromatic nitrogens is 2. The first kappa shape index (κ1) is 13.5. The quantitative estimate of drug-likeness (QED) is 0.804. The van der Waals surface area contributed by atoms with E-state index >= 15 is 0 Å². The molecule has 2 unspecified atom stereocenters. The predicted molar refractivity (Wildman–Crippen MR) is 84.5 cm³/mol.